The van der Waals surface area contributed by atoms with Gasteiger partial charge in [-0.25, -0.2) is 0 Å². The van der Waals surface area contributed by atoms with Crippen LogP contribution in [0.1, 0.15) is 36.2 Å². The highest BCUT2D eigenvalue weighted by molar-refractivity contribution is 5.24. The topological polar surface area (TPSA) is 29.9 Å². The molecule has 3 nitrogen and oxygen atoms in total. The van der Waals surface area contributed by atoms with E-state index in [0.717, 1.165) is 12.2 Å². The molecular formula is C13H21N3. The lowest BCUT2D eigenvalue weighted by Gasteiger charge is -2.19. The first-order valence-electron chi connectivity index (χ1n) is 6.06. The molecule has 0 aromatic carbocycles. The van der Waals surface area contributed by atoms with E-state index in [-0.39, 0.29) is 0 Å². The molecule has 1 N–H and O–H groups in total. The van der Waals surface area contributed by atoms with E-state index in [9.17, 15) is 0 Å². The fourth-order valence-electron chi connectivity index (χ4n) is 2.30. The van der Waals surface area contributed by atoms with Crippen LogP contribution in [-0.4, -0.2) is 15.8 Å². The lowest BCUT2D eigenvalue weighted by atomic mass is 10.0. The molecule has 88 valence electrons. The molecule has 1 aliphatic rings. The van der Waals surface area contributed by atoms with Crippen molar-refractivity contribution in [3.05, 3.63) is 29.1 Å². The van der Waals surface area contributed by atoms with Crippen molar-refractivity contribution < 1.29 is 0 Å². The molecule has 0 aliphatic heterocycles. The van der Waals surface area contributed by atoms with Gasteiger partial charge in [-0.2, -0.15) is 5.10 Å². The number of hydrogen-bond acceptors (Lipinski definition) is 2. The van der Waals surface area contributed by atoms with Gasteiger partial charge in [-0.1, -0.05) is 12.2 Å². The van der Waals surface area contributed by atoms with E-state index in [0.29, 0.717) is 6.04 Å². The number of aromatic nitrogens is 2. The molecule has 1 aromatic rings. The fourth-order valence-corrected chi connectivity index (χ4v) is 2.30. The Morgan fingerprint density at radius 1 is 1.44 bits per heavy atom. The predicted octanol–water partition coefficient (Wildman–Crippen LogP) is 2.24. The molecule has 1 unspecified atom stereocenters. The lowest BCUT2D eigenvalue weighted by molar-refractivity contribution is 0.473. The smallest absolute Gasteiger partial charge is 0.0641 e. The second kappa shape index (κ2) is 4.83. The first kappa shape index (κ1) is 11.4. The largest absolute Gasteiger partial charge is 0.309 e. The molecule has 0 amide bonds. The molecule has 0 bridgehead atoms. The highest BCUT2D eigenvalue weighted by Crippen LogP contribution is 2.14. The molecule has 0 fully saturated rings. The predicted molar refractivity (Wildman–Crippen MR) is 66.3 cm³/mol. The average molecular weight is 219 g/mol. The van der Waals surface area contributed by atoms with Crippen LogP contribution in [-0.2, 0) is 13.6 Å². The van der Waals surface area contributed by atoms with E-state index in [4.69, 9.17) is 0 Å². The van der Waals surface area contributed by atoms with Gasteiger partial charge in [0.05, 0.1) is 5.69 Å². The Bertz CT molecular complexity index is 390. The highest BCUT2D eigenvalue weighted by atomic mass is 15.3. The van der Waals surface area contributed by atoms with Crippen molar-refractivity contribution in [1.82, 2.24) is 15.1 Å². The molecular weight excluding hydrogens is 198 g/mol. The van der Waals surface area contributed by atoms with E-state index in [1.165, 1.54) is 30.5 Å². The summed E-state index contributed by atoms with van der Waals surface area (Å²) in [5.74, 6) is 0. The maximum atomic E-state index is 4.44. The Morgan fingerprint density at radius 3 is 2.81 bits per heavy atom. The third-order valence-corrected chi connectivity index (χ3v) is 3.50. The summed E-state index contributed by atoms with van der Waals surface area (Å²) in [6, 6.07) is 0.643. The van der Waals surface area contributed by atoms with Gasteiger partial charge >= 0.3 is 0 Å². The van der Waals surface area contributed by atoms with Crippen molar-refractivity contribution in [2.75, 3.05) is 0 Å². The van der Waals surface area contributed by atoms with Gasteiger partial charge in [0, 0.05) is 30.9 Å². The van der Waals surface area contributed by atoms with E-state index >= 15 is 0 Å². The zero-order valence-corrected chi connectivity index (χ0v) is 10.5. The SMILES string of the molecule is Cc1nn(C)c(C)c1CNC1CC=CCC1. The zero-order chi connectivity index (χ0) is 11.5. The standard InChI is InChI=1S/C13H21N3/c1-10-13(11(2)16(3)15-10)9-14-12-7-5-4-6-8-12/h4-5,12,14H,6-9H2,1-3H3. The monoisotopic (exact) mass is 219 g/mol. The van der Waals surface area contributed by atoms with Crippen molar-refractivity contribution in [1.29, 1.82) is 0 Å². The summed E-state index contributed by atoms with van der Waals surface area (Å²) >= 11 is 0. The average Bonchev–Trinajstić information content (AvgIpc) is 2.53. The van der Waals surface area contributed by atoms with Crippen LogP contribution in [0, 0.1) is 13.8 Å². The van der Waals surface area contributed by atoms with Gasteiger partial charge in [0.25, 0.3) is 0 Å². The molecule has 0 saturated heterocycles. The number of rotatable bonds is 3. The molecule has 0 saturated carbocycles. The Morgan fingerprint density at radius 2 is 2.25 bits per heavy atom. The zero-order valence-electron chi connectivity index (χ0n) is 10.5. The van der Waals surface area contributed by atoms with Gasteiger partial charge in [0.1, 0.15) is 0 Å². The lowest BCUT2D eigenvalue weighted by Crippen LogP contribution is -2.29. The Hall–Kier alpha value is -1.09. The van der Waals surface area contributed by atoms with Crippen LogP contribution >= 0.6 is 0 Å². The molecule has 3 heteroatoms. The van der Waals surface area contributed by atoms with Gasteiger partial charge < -0.3 is 5.32 Å². The summed E-state index contributed by atoms with van der Waals surface area (Å²) in [5.41, 5.74) is 3.78. The van der Waals surface area contributed by atoms with Crippen molar-refractivity contribution in [3.8, 4) is 0 Å². The summed E-state index contributed by atoms with van der Waals surface area (Å²) in [5, 5.41) is 8.07. The summed E-state index contributed by atoms with van der Waals surface area (Å²) < 4.78 is 1.97. The van der Waals surface area contributed by atoms with Crippen LogP contribution < -0.4 is 5.32 Å². The van der Waals surface area contributed by atoms with Crippen LogP contribution in [0.4, 0.5) is 0 Å². The summed E-state index contributed by atoms with van der Waals surface area (Å²) in [4.78, 5) is 0. The van der Waals surface area contributed by atoms with Crippen LogP contribution in [0.25, 0.3) is 0 Å². The van der Waals surface area contributed by atoms with Crippen LogP contribution in [0.2, 0.25) is 0 Å². The molecule has 1 aromatic heterocycles. The number of nitrogens with one attached hydrogen (secondary N) is 1. The van der Waals surface area contributed by atoms with Gasteiger partial charge in [0.2, 0.25) is 0 Å². The number of nitrogens with zero attached hydrogens (tertiary/aromatic N) is 2. The van der Waals surface area contributed by atoms with Gasteiger partial charge in [-0.3, -0.25) is 4.68 Å². The minimum absolute atomic E-state index is 0.643. The molecule has 1 heterocycles. The maximum absolute atomic E-state index is 4.44. The Labute approximate surface area is 97.5 Å². The van der Waals surface area contributed by atoms with E-state index in [2.05, 4.69) is 36.4 Å². The van der Waals surface area contributed by atoms with E-state index in [1.54, 1.807) is 0 Å². The third-order valence-electron chi connectivity index (χ3n) is 3.50. The van der Waals surface area contributed by atoms with Crippen molar-refractivity contribution in [2.45, 2.75) is 45.7 Å². The third kappa shape index (κ3) is 2.35. The van der Waals surface area contributed by atoms with Crippen LogP contribution in [0.15, 0.2) is 12.2 Å². The second-order valence-electron chi connectivity index (χ2n) is 4.64. The van der Waals surface area contributed by atoms with Gasteiger partial charge in [-0.15, -0.1) is 0 Å². The molecule has 0 spiro atoms. The number of aryl methyl sites for hydroxylation is 2. The van der Waals surface area contributed by atoms with Crippen LogP contribution in [0.3, 0.4) is 0 Å². The summed E-state index contributed by atoms with van der Waals surface area (Å²) in [6.45, 7) is 5.17. The highest BCUT2D eigenvalue weighted by Gasteiger charge is 2.12. The number of hydrogen-bond donors (Lipinski definition) is 1. The van der Waals surface area contributed by atoms with Gasteiger partial charge in [-0.05, 0) is 33.1 Å². The quantitative estimate of drug-likeness (QED) is 0.790. The molecule has 0 radical (unpaired) electrons. The molecule has 1 atom stereocenters. The minimum atomic E-state index is 0.643. The Balaban J connectivity index is 1.96. The molecule has 2 rings (SSSR count). The van der Waals surface area contributed by atoms with Gasteiger partial charge in [0.15, 0.2) is 0 Å². The van der Waals surface area contributed by atoms with E-state index < -0.39 is 0 Å². The fraction of sp³-hybridized carbons (Fsp3) is 0.615. The normalized spacial score (nSPS) is 20.3. The molecule has 1 aliphatic carbocycles. The Kier molecular flexibility index (Phi) is 3.44. The van der Waals surface area contributed by atoms with Crippen molar-refractivity contribution in [2.24, 2.45) is 7.05 Å². The summed E-state index contributed by atoms with van der Waals surface area (Å²) in [7, 11) is 2.01. The first-order valence-corrected chi connectivity index (χ1v) is 6.06. The minimum Gasteiger partial charge on any atom is -0.309 e. The van der Waals surface area contributed by atoms with Crippen molar-refractivity contribution in [3.63, 3.8) is 0 Å². The second-order valence-corrected chi connectivity index (χ2v) is 4.64. The van der Waals surface area contributed by atoms with Crippen LogP contribution in [0.5, 0.6) is 0 Å². The first-order chi connectivity index (χ1) is 7.68. The molecule has 16 heavy (non-hydrogen) atoms. The van der Waals surface area contributed by atoms with Crippen molar-refractivity contribution >= 4 is 0 Å². The number of allylic oxidation sites excluding steroid dienone is 1. The van der Waals surface area contributed by atoms with E-state index in [1.807, 2.05) is 11.7 Å². The summed E-state index contributed by atoms with van der Waals surface area (Å²) in [6.07, 6.45) is 8.19. The maximum Gasteiger partial charge on any atom is 0.0641 e.